The van der Waals surface area contributed by atoms with Gasteiger partial charge < -0.3 is 10.2 Å². The number of carbonyl (C=O) groups excluding carboxylic acids is 1. The van der Waals surface area contributed by atoms with Crippen molar-refractivity contribution in [3.8, 4) is 5.95 Å². The van der Waals surface area contributed by atoms with Crippen LogP contribution in [0.4, 0.5) is 0 Å². The molecule has 0 aliphatic carbocycles. The minimum atomic E-state index is -3.49. The molecule has 0 bridgehead atoms. The van der Waals surface area contributed by atoms with Crippen molar-refractivity contribution in [2.45, 2.75) is 6.04 Å². The predicted molar refractivity (Wildman–Crippen MR) is 120 cm³/mol. The van der Waals surface area contributed by atoms with Crippen molar-refractivity contribution in [2.75, 3.05) is 6.66 Å². The number of rotatable bonds is 6. The lowest BCUT2D eigenvalue weighted by molar-refractivity contribution is 0.0941. The van der Waals surface area contributed by atoms with E-state index in [-0.39, 0.29) is 16.8 Å². The Labute approximate surface area is 183 Å². The molecule has 0 saturated heterocycles. The Morgan fingerprint density at radius 2 is 1.88 bits per heavy atom. The van der Waals surface area contributed by atoms with Crippen molar-refractivity contribution in [1.29, 1.82) is 0 Å². The zero-order chi connectivity index (χ0) is 22.7. The first-order valence-corrected chi connectivity index (χ1v) is 11.8. The third-order valence-corrected chi connectivity index (χ3v) is 6.08. The van der Waals surface area contributed by atoms with Crippen LogP contribution in [0.1, 0.15) is 27.5 Å². The number of aromatic amines is 1. The fourth-order valence-corrected chi connectivity index (χ4v) is 3.98. The molecule has 9 nitrogen and oxygen atoms in total. The maximum Gasteiger partial charge on any atom is 0.265 e. The van der Waals surface area contributed by atoms with Gasteiger partial charge in [-0.25, -0.2) is 9.67 Å². The van der Waals surface area contributed by atoms with Crippen LogP contribution in [0.3, 0.4) is 0 Å². The summed E-state index contributed by atoms with van der Waals surface area (Å²) in [4.78, 5) is 42.2. The predicted octanol–water partition coefficient (Wildman–Crippen LogP) is 2.00. The fourth-order valence-electron chi connectivity index (χ4n) is 3.23. The molecule has 0 fully saturated rings. The van der Waals surface area contributed by atoms with Crippen LogP contribution < -0.4 is 16.2 Å². The molecular weight excluding hydrogens is 429 g/mol. The molecule has 32 heavy (non-hydrogen) atoms. The maximum absolute atomic E-state index is 13.0. The molecule has 4 rings (SSSR count). The molecule has 0 spiro atoms. The highest BCUT2D eigenvalue weighted by Crippen LogP contribution is 2.35. The molecule has 2 aromatic carbocycles. The lowest BCUT2D eigenvalue weighted by Crippen LogP contribution is -2.34. The van der Waals surface area contributed by atoms with Gasteiger partial charge in [0.15, 0.2) is 0 Å². The molecule has 0 radical (unpaired) electrons. The van der Waals surface area contributed by atoms with Crippen molar-refractivity contribution < 1.29 is 14.3 Å². The Kier molecular flexibility index (Phi) is 5.85. The molecule has 0 saturated carbocycles. The number of nitrogens with zero attached hydrogens (tertiary/aromatic N) is 3. The third kappa shape index (κ3) is 4.59. The molecule has 2 heterocycles. The highest BCUT2D eigenvalue weighted by atomic mass is 31.2. The highest BCUT2D eigenvalue weighted by Gasteiger charge is 2.22. The van der Waals surface area contributed by atoms with Gasteiger partial charge in [0.05, 0.1) is 6.04 Å². The molecule has 0 aliphatic heterocycles. The van der Waals surface area contributed by atoms with Crippen LogP contribution in [0, 0.1) is 0 Å². The second-order valence-corrected chi connectivity index (χ2v) is 9.47. The number of aromatic nitrogens is 4. The van der Waals surface area contributed by atoms with Gasteiger partial charge in [-0.1, -0.05) is 42.5 Å². The second kappa shape index (κ2) is 8.74. The summed E-state index contributed by atoms with van der Waals surface area (Å²) < 4.78 is 13.5. The van der Waals surface area contributed by atoms with Gasteiger partial charge in [0.2, 0.25) is 13.3 Å². The summed E-state index contributed by atoms with van der Waals surface area (Å²) in [5.41, 5.74) is 0.577. The number of hydrogen-bond acceptors (Lipinski definition) is 5. The Balaban J connectivity index is 1.69. The van der Waals surface area contributed by atoms with Crippen LogP contribution in [-0.2, 0) is 4.57 Å². The summed E-state index contributed by atoms with van der Waals surface area (Å²) in [6, 6.07) is 16.7. The van der Waals surface area contributed by atoms with E-state index in [2.05, 4.69) is 20.4 Å². The van der Waals surface area contributed by atoms with E-state index in [4.69, 9.17) is 0 Å². The van der Waals surface area contributed by atoms with Gasteiger partial charge >= 0.3 is 0 Å². The Bertz CT molecular complexity index is 1350. The van der Waals surface area contributed by atoms with Crippen LogP contribution in [0.25, 0.3) is 5.95 Å². The topological polar surface area (TPSA) is 130 Å². The van der Waals surface area contributed by atoms with E-state index in [0.29, 0.717) is 5.56 Å². The van der Waals surface area contributed by atoms with Crippen LogP contribution in [0.5, 0.6) is 0 Å². The standard InChI is InChI=1S/C22H20N5O4P/c1-32(30,31)17-10-5-9-16(13-17)19(15-7-3-2-4-8-15)25-20(28)18-14-23-22(26-21(18)29)27-12-6-11-24-27/h2-14,19H,1H3,(H,25,28)(H,30,31)(H,23,26,29)/t19-/m0/s1. The highest BCUT2D eigenvalue weighted by molar-refractivity contribution is 7.65. The molecule has 3 N–H and O–H groups in total. The summed E-state index contributed by atoms with van der Waals surface area (Å²) in [6.45, 7) is 1.26. The molecule has 2 aromatic heterocycles. The van der Waals surface area contributed by atoms with Crippen molar-refractivity contribution >= 4 is 18.6 Å². The minimum absolute atomic E-state index is 0.165. The molecule has 4 aromatic rings. The van der Waals surface area contributed by atoms with Gasteiger partial charge in [0, 0.05) is 30.6 Å². The molecule has 162 valence electrons. The zero-order valence-corrected chi connectivity index (χ0v) is 17.9. The minimum Gasteiger partial charge on any atom is -0.341 e. The van der Waals surface area contributed by atoms with Gasteiger partial charge in [-0.2, -0.15) is 5.10 Å². The largest absolute Gasteiger partial charge is 0.341 e. The fraction of sp³-hybridized carbons (Fsp3) is 0.0909. The van der Waals surface area contributed by atoms with Crippen molar-refractivity contribution in [3.63, 3.8) is 0 Å². The number of hydrogen-bond donors (Lipinski definition) is 3. The SMILES string of the molecule is CP(=O)(O)c1cccc([C@@H](NC(=O)c2cnc(-n3cccn3)[nH]c2=O)c2ccccc2)c1. The van der Waals surface area contributed by atoms with Crippen LogP contribution in [0.2, 0.25) is 0 Å². The lowest BCUT2D eigenvalue weighted by atomic mass is 9.98. The second-order valence-electron chi connectivity index (χ2n) is 7.19. The molecular formula is C22H20N5O4P. The van der Waals surface area contributed by atoms with Crippen LogP contribution in [-0.4, -0.2) is 37.2 Å². The zero-order valence-electron chi connectivity index (χ0n) is 17.0. The number of carbonyl (C=O) groups is 1. The number of amides is 1. The van der Waals surface area contributed by atoms with Gasteiger partial charge in [0.1, 0.15) is 5.56 Å². The van der Waals surface area contributed by atoms with Crippen LogP contribution in [0.15, 0.2) is 84.0 Å². The first-order chi connectivity index (χ1) is 15.3. The summed E-state index contributed by atoms with van der Waals surface area (Å²) in [6.07, 6.45) is 4.35. The average Bonchev–Trinajstić information content (AvgIpc) is 3.32. The lowest BCUT2D eigenvalue weighted by Gasteiger charge is -2.21. The van der Waals surface area contributed by atoms with Crippen molar-refractivity contribution in [1.82, 2.24) is 25.1 Å². The van der Waals surface area contributed by atoms with E-state index in [1.54, 1.807) is 42.7 Å². The average molecular weight is 449 g/mol. The monoisotopic (exact) mass is 449 g/mol. The van der Waals surface area contributed by atoms with Crippen molar-refractivity contribution in [2.24, 2.45) is 0 Å². The van der Waals surface area contributed by atoms with E-state index in [1.165, 1.54) is 17.5 Å². The van der Waals surface area contributed by atoms with E-state index in [1.807, 2.05) is 30.3 Å². The molecule has 0 aliphatic rings. The maximum atomic E-state index is 13.0. The molecule has 1 unspecified atom stereocenters. The summed E-state index contributed by atoms with van der Waals surface area (Å²) in [5.74, 6) is -0.445. The summed E-state index contributed by atoms with van der Waals surface area (Å²) in [5, 5.41) is 7.12. The third-order valence-electron chi connectivity index (χ3n) is 4.84. The molecule has 10 heteroatoms. The van der Waals surface area contributed by atoms with E-state index in [9.17, 15) is 19.0 Å². The number of nitrogens with one attached hydrogen (secondary N) is 2. The first-order valence-electron chi connectivity index (χ1n) is 9.69. The summed E-state index contributed by atoms with van der Waals surface area (Å²) in [7, 11) is -3.49. The Hall–Kier alpha value is -3.81. The normalized spacial score (nSPS) is 13.8. The summed E-state index contributed by atoms with van der Waals surface area (Å²) >= 11 is 0. The number of benzene rings is 2. The van der Waals surface area contributed by atoms with Gasteiger partial charge in [-0.05, 0) is 29.3 Å². The number of H-pyrrole nitrogens is 1. The molecule has 2 atom stereocenters. The quantitative estimate of drug-likeness (QED) is 0.386. The van der Waals surface area contributed by atoms with Gasteiger partial charge in [0.25, 0.3) is 11.5 Å². The van der Waals surface area contributed by atoms with E-state index < -0.39 is 24.9 Å². The molecule has 1 amide bonds. The van der Waals surface area contributed by atoms with Crippen molar-refractivity contribution in [3.05, 3.63) is 106 Å². The van der Waals surface area contributed by atoms with Gasteiger partial charge in [-0.3, -0.25) is 19.1 Å². The Morgan fingerprint density at radius 3 is 2.53 bits per heavy atom. The smallest absolute Gasteiger partial charge is 0.265 e. The van der Waals surface area contributed by atoms with E-state index >= 15 is 0 Å². The first kappa shape index (κ1) is 21.4. The Morgan fingerprint density at radius 1 is 1.12 bits per heavy atom. The van der Waals surface area contributed by atoms with Gasteiger partial charge in [-0.15, -0.1) is 0 Å². The van der Waals surface area contributed by atoms with E-state index in [0.717, 1.165) is 5.56 Å². The van der Waals surface area contributed by atoms with Crippen LogP contribution >= 0.6 is 7.37 Å².